The molecule has 49 heavy (non-hydrogen) atoms. The second kappa shape index (κ2) is 11.8. The van der Waals surface area contributed by atoms with Gasteiger partial charge >= 0.3 is 8.16 Å². The molecule has 0 amide bonds. The van der Waals surface area contributed by atoms with E-state index in [9.17, 15) is 0 Å². The average molecular weight is 698 g/mol. The van der Waals surface area contributed by atoms with Gasteiger partial charge in [0.05, 0.1) is 12.6 Å². The second-order valence-electron chi connectivity index (χ2n) is 19.3. The van der Waals surface area contributed by atoms with Gasteiger partial charge in [0.2, 0.25) is 0 Å². The molecule has 3 aliphatic rings. The molecule has 1 N–H and O–H groups in total. The van der Waals surface area contributed by atoms with Gasteiger partial charge in [0.15, 0.2) is 17.9 Å². The van der Waals surface area contributed by atoms with E-state index in [0.29, 0.717) is 6.61 Å². The largest absolute Gasteiger partial charge is 0.408 e. The number of hydrogen-bond donors (Lipinski definition) is 1. The van der Waals surface area contributed by atoms with Crippen LogP contribution in [-0.2, 0) is 45.3 Å². The Morgan fingerprint density at radius 2 is 1.10 bits per heavy atom. The zero-order valence-electron chi connectivity index (χ0n) is 32.7. The van der Waals surface area contributed by atoms with Crippen LogP contribution in [-0.4, -0.2) is 48.8 Å². The second-order valence-corrected chi connectivity index (χ2v) is 20.5. The molecule has 9 heteroatoms. The number of benzene rings is 2. The van der Waals surface area contributed by atoms with Crippen molar-refractivity contribution in [3.8, 4) is 0 Å². The predicted octanol–water partition coefficient (Wildman–Crippen LogP) is 10.4. The number of ether oxygens (including phenoxy) is 5. The van der Waals surface area contributed by atoms with Gasteiger partial charge in [0, 0.05) is 21.9 Å². The maximum atomic E-state index is 7.18. The Kier molecular flexibility index (Phi) is 8.89. The van der Waals surface area contributed by atoms with Crippen molar-refractivity contribution < 1.29 is 32.1 Å². The molecule has 0 spiro atoms. The van der Waals surface area contributed by atoms with E-state index in [-0.39, 0.29) is 33.8 Å². The predicted molar refractivity (Wildman–Crippen MR) is 198 cm³/mol. The molecule has 3 aliphatic heterocycles. The minimum atomic E-state index is -1.77. The number of fused-ring (bicyclic) bond motifs is 4. The van der Waals surface area contributed by atoms with Crippen LogP contribution in [0.25, 0.3) is 21.9 Å². The van der Waals surface area contributed by atoms with Crippen molar-refractivity contribution >= 4 is 30.1 Å². The third-order valence-electron chi connectivity index (χ3n) is 9.90. The molecule has 0 unspecified atom stereocenters. The third kappa shape index (κ3) is 7.26. The van der Waals surface area contributed by atoms with Gasteiger partial charge in [-0.1, -0.05) is 95.2 Å². The van der Waals surface area contributed by atoms with Gasteiger partial charge in [-0.25, -0.2) is 5.09 Å². The molecule has 2 aromatic carbocycles. The molecule has 3 saturated heterocycles. The van der Waals surface area contributed by atoms with E-state index in [1.165, 1.54) is 11.1 Å². The zero-order valence-corrected chi connectivity index (χ0v) is 33.6. The van der Waals surface area contributed by atoms with Gasteiger partial charge in [-0.05, 0) is 72.6 Å². The highest BCUT2D eigenvalue weighted by atomic mass is 31.1. The van der Waals surface area contributed by atoms with Crippen LogP contribution in [0.15, 0.2) is 32.7 Å². The molecule has 0 bridgehead atoms. The van der Waals surface area contributed by atoms with E-state index in [4.69, 9.17) is 32.1 Å². The van der Waals surface area contributed by atoms with Crippen molar-refractivity contribution in [1.82, 2.24) is 0 Å². The first-order valence-electron chi connectivity index (χ1n) is 17.9. The zero-order chi connectivity index (χ0) is 36.3. The summed E-state index contributed by atoms with van der Waals surface area (Å²) in [6.45, 7) is 35.2. The van der Waals surface area contributed by atoms with Crippen molar-refractivity contribution in [3.63, 3.8) is 0 Å². The first-order valence-corrected chi connectivity index (χ1v) is 19.0. The molecule has 3 aromatic rings. The molecule has 272 valence electrons. The van der Waals surface area contributed by atoms with E-state index in [1.807, 2.05) is 27.7 Å². The van der Waals surface area contributed by atoms with Gasteiger partial charge in [-0.3, -0.25) is 0 Å². The highest BCUT2D eigenvalue weighted by Crippen LogP contribution is 2.48. The van der Waals surface area contributed by atoms with Crippen molar-refractivity contribution in [2.75, 3.05) is 11.7 Å². The normalized spacial score (nSPS) is 27.3. The smallest absolute Gasteiger partial charge is 0.307 e. The Labute approximate surface area is 294 Å². The quantitative estimate of drug-likeness (QED) is 0.290. The molecule has 8 nitrogen and oxygen atoms in total. The van der Waals surface area contributed by atoms with Crippen LogP contribution in [0.4, 0.5) is 0 Å². The maximum absolute atomic E-state index is 7.18. The molecule has 0 aliphatic carbocycles. The SMILES string of the molecule is CC1(C)O[C@H]2O[C@H]([C@H]3COC(C)(C)O3)[C@@H](Np3oc4c(C(C)(C)C)cc(C(C)(C)C)cc4c4cc(C(C)(C)C)cc(C(C)(C)C)c4o3)[C@H]2O1. The van der Waals surface area contributed by atoms with E-state index >= 15 is 0 Å². The lowest BCUT2D eigenvalue weighted by atomic mass is 9.77. The Hall–Kier alpha value is -1.90. The summed E-state index contributed by atoms with van der Waals surface area (Å²) in [5.41, 5.74) is 5.94. The summed E-state index contributed by atoms with van der Waals surface area (Å²) < 4.78 is 46.0. The first kappa shape index (κ1) is 36.9. The highest BCUT2D eigenvalue weighted by Gasteiger charge is 2.58. The number of rotatable bonds is 3. The van der Waals surface area contributed by atoms with Crippen LogP contribution in [0.5, 0.6) is 0 Å². The fourth-order valence-electron chi connectivity index (χ4n) is 7.07. The van der Waals surface area contributed by atoms with E-state index in [2.05, 4.69) is 112 Å². The standard InChI is InChI=1S/C40H60NO7P/c1-35(2,3)22-17-24-25-18-23(36(4,5)6)20-27(38(10,11)12)31(25)48-49(47-30(24)26(19-22)37(7,8)9)41-29-32(28-21-42-39(13,14)44-28)43-34-33(29)45-40(15,16)46-34/h17-20,28-29,32-34,41H,21H2,1-16H3/t28-,29-,32-,33-,34-/m1/s1. The molecule has 5 atom stereocenters. The van der Waals surface area contributed by atoms with E-state index in [1.54, 1.807) is 0 Å². The summed E-state index contributed by atoms with van der Waals surface area (Å²) in [6.07, 6.45) is -1.71. The topological polar surface area (TPSA) is 84.5 Å². The van der Waals surface area contributed by atoms with E-state index < -0.39 is 38.2 Å². The summed E-state index contributed by atoms with van der Waals surface area (Å²) in [4.78, 5) is 0. The molecule has 0 radical (unpaired) electrons. The molecule has 1 aromatic heterocycles. The molecular weight excluding hydrogens is 637 g/mol. The Morgan fingerprint density at radius 1 is 0.612 bits per heavy atom. The summed E-state index contributed by atoms with van der Waals surface area (Å²) in [5.74, 6) is -1.51. The summed E-state index contributed by atoms with van der Waals surface area (Å²) in [5, 5.41) is 5.92. The molecular formula is C40H60NO7P. The van der Waals surface area contributed by atoms with Crippen LogP contribution in [0.3, 0.4) is 0 Å². The molecule has 0 saturated carbocycles. The molecule has 6 rings (SSSR count). The van der Waals surface area contributed by atoms with Crippen LogP contribution >= 0.6 is 8.16 Å². The van der Waals surface area contributed by atoms with Gasteiger partial charge in [0.25, 0.3) is 0 Å². The van der Waals surface area contributed by atoms with Crippen molar-refractivity contribution in [2.45, 2.75) is 175 Å². The summed E-state index contributed by atoms with van der Waals surface area (Å²) in [7, 11) is -1.77. The van der Waals surface area contributed by atoms with Crippen LogP contribution < -0.4 is 5.09 Å². The van der Waals surface area contributed by atoms with Gasteiger partial charge in [0.1, 0.15) is 29.5 Å². The minimum absolute atomic E-state index is 0.0764. The van der Waals surface area contributed by atoms with Crippen LogP contribution in [0.2, 0.25) is 0 Å². The Morgan fingerprint density at radius 3 is 1.51 bits per heavy atom. The van der Waals surface area contributed by atoms with Crippen molar-refractivity contribution in [2.24, 2.45) is 0 Å². The Bertz CT molecular complexity index is 1690. The van der Waals surface area contributed by atoms with Crippen LogP contribution in [0, 0.1) is 0 Å². The highest BCUT2D eigenvalue weighted by molar-refractivity contribution is 7.38. The van der Waals surface area contributed by atoms with Gasteiger partial charge < -0.3 is 32.1 Å². The Balaban J connectivity index is 1.67. The van der Waals surface area contributed by atoms with Gasteiger partial charge in [-0.15, -0.1) is 0 Å². The lowest BCUT2D eigenvalue weighted by Crippen LogP contribution is -2.46. The van der Waals surface area contributed by atoms with Crippen molar-refractivity contribution in [3.05, 3.63) is 46.5 Å². The average Bonchev–Trinajstić information content (AvgIpc) is 3.50. The van der Waals surface area contributed by atoms with E-state index in [0.717, 1.165) is 33.1 Å². The monoisotopic (exact) mass is 697 g/mol. The minimum Gasteiger partial charge on any atom is -0.408 e. The fourth-order valence-corrected chi connectivity index (χ4v) is 8.47. The first-order chi connectivity index (χ1) is 22.2. The summed E-state index contributed by atoms with van der Waals surface area (Å²) >= 11 is 0. The molecule has 4 heterocycles. The van der Waals surface area contributed by atoms with Crippen LogP contribution in [0.1, 0.15) is 133 Å². The maximum Gasteiger partial charge on any atom is 0.307 e. The fraction of sp³-hybridized carbons (Fsp3) is 0.700. The lowest BCUT2D eigenvalue weighted by Gasteiger charge is -2.29. The summed E-state index contributed by atoms with van der Waals surface area (Å²) in [6, 6.07) is 8.95. The number of nitrogens with one attached hydrogen (secondary N) is 1. The number of hydrogen-bond acceptors (Lipinski definition) is 8. The molecule has 3 fully saturated rings. The lowest BCUT2D eigenvalue weighted by molar-refractivity contribution is -0.221. The third-order valence-corrected chi connectivity index (χ3v) is 11.1. The van der Waals surface area contributed by atoms with Crippen molar-refractivity contribution in [1.29, 1.82) is 0 Å². The van der Waals surface area contributed by atoms with Gasteiger partial charge in [-0.2, -0.15) is 0 Å².